The Bertz CT molecular complexity index is 581. The number of carbonyl (C=O) groups is 1. The molecule has 0 bridgehead atoms. The first-order chi connectivity index (χ1) is 8.11. The summed E-state index contributed by atoms with van der Waals surface area (Å²) >= 11 is 6.23. The predicted octanol–water partition coefficient (Wildman–Crippen LogP) is 2.53. The number of ether oxygens (including phenoxy) is 1. The lowest BCUT2D eigenvalue weighted by molar-refractivity contribution is -0.117. The molecule has 0 aliphatic carbocycles. The number of rotatable bonds is 3. The Labute approximate surface area is 104 Å². The molecule has 3 nitrogen and oxygen atoms in total. The average Bonchev–Trinajstić information content (AvgIpc) is 2.32. The molecule has 1 amide bonds. The monoisotopic (exact) mass is 249 g/mol. The van der Waals surface area contributed by atoms with Gasteiger partial charge >= 0.3 is 0 Å². The molecule has 2 aromatic carbocycles. The number of methoxy groups -OCH3 is 1. The van der Waals surface area contributed by atoms with Crippen molar-refractivity contribution in [2.24, 2.45) is 5.73 Å². The highest BCUT2D eigenvalue weighted by Crippen LogP contribution is 2.30. The number of nitrogens with two attached hydrogens (primary N) is 1. The zero-order valence-corrected chi connectivity index (χ0v) is 10.1. The molecule has 88 valence electrons. The number of hydrogen-bond acceptors (Lipinski definition) is 2. The van der Waals surface area contributed by atoms with E-state index in [1.165, 1.54) is 0 Å². The Morgan fingerprint density at radius 3 is 2.76 bits per heavy atom. The van der Waals surface area contributed by atoms with Gasteiger partial charge in [0.25, 0.3) is 0 Å². The van der Waals surface area contributed by atoms with Gasteiger partial charge in [-0.2, -0.15) is 0 Å². The van der Waals surface area contributed by atoms with Crippen molar-refractivity contribution in [3.8, 4) is 5.75 Å². The second-order valence-electron chi connectivity index (χ2n) is 3.77. The number of amides is 1. The molecule has 0 aliphatic heterocycles. The van der Waals surface area contributed by atoms with Gasteiger partial charge in [-0.3, -0.25) is 4.79 Å². The van der Waals surface area contributed by atoms with Crippen LogP contribution < -0.4 is 10.5 Å². The lowest BCUT2D eigenvalue weighted by atomic mass is 10.0. The molecule has 0 saturated carbocycles. The third-order valence-corrected chi connectivity index (χ3v) is 3.05. The van der Waals surface area contributed by atoms with Gasteiger partial charge in [0.05, 0.1) is 18.6 Å². The summed E-state index contributed by atoms with van der Waals surface area (Å²) in [7, 11) is 1.62. The highest BCUT2D eigenvalue weighted by molar-refractivity contribution is 6.36. The number of hydrogen-bond donors (Lipinski definition) is 1. The van der Waals surface area contributed by atoms with E-state index in [1.54, 1.807) is 7.11 Å². The minimum atomic E-state index is -0.389. The average molecular weight is 250 g/mol. The maximum Gasteiger partial charge on any atom is 0.221 e. The Morgan fingerprint density at radius 2 is 2.12 bits per heavy atom. The van der Waals surface area contributed by atoms with E-state index in [-0.39, 0.29) is 12.3 Å². The van der Waals surface area contributed by atoms with Crippen molar-refractivity contribution in [1.29, 1.82) is 0 Å². The molecule has 0 saturated heterocycles. The Balaban J connectivity index is 2.56. The SMILES string of the molecule is COc1ccc2c(Cl)c(CC(N)=O)ccc2c1. The van der Waals surface area contributed by atoms with Gasteiger partial charge in [0, 0.05) is 5.39 Å². The molecule has 0 aliphatic rings. The molecule has 2 aromatic rings. The van der Waals surface area contributed by atoms with Crippen LogP contribution >= 0.6 is 11.6 Å². The van der Waals surface area contributed by atoms with E-state index < -0.39 is 0 Å². The third-order valence-electron chi connectivity index (χ3n) is 2.61. The first kappa shape index (κ1) is 11.7. The first-order valence-electron chi connectivity index (χ1n) is 5.15. The molecular weight excluding hydrogens is 238 g/mol. The van der Waals surface area contributed by atoms with E-state index in [2.05, 4.69) is 0 Å². The Hall–Kier alpha value is -1.74. The molecular formula is C13H12ClNO2. The fourth-order valence-corrected chi connectivity index (χ4v) is 2.07. The minimum Gasteiger partial charge on any atom is -0.497 e. The molecule has 0 unspecified atom stereocenters. The van der Waals surface area contributed by atoms with Crippen LogP contribution in [0.3, 0.4) is 0 Å². The number of carbonyl (C=O) groups excluding carboxylic acids is 1. The zero-order valence-electron chi connectivity index (χ0n) is 9.37. The highest BCUT2D eigenvalue weighted by atomic mass is 35.5. The van der Waals surface area contributed by atoms with Crippen LogP contribution in [0.15, 0.2) is 30.3 Å². The summed E-state index contributed by atoms with van der Waals surface area (Å²) in [5, 5.41) is 2.44. The third kappa shape index (κ3) is 2.34. The molecule has 0 atom stereocenters. The first-order valence-corrected chi connectivity index (χ1v) is 5.53. The van der Waals surface area contributed by atoms with E-state index in [0.29, 0.717) is 5.02 Å². The molecule has 17 heavy (non-hydrogen) atoms. The molecule has 0 aromatic heterocycles. The molecule has 0 fully saturated rings. The molecule has 4 heteroatoms. The smallest absolute Gasteiger partial charge is 0.221 e. The van der Waals surface area contributed by atoms with E-state index in [1.807, 2.05) is 30.3 Å². The van der Waals surface area contributed by atoms with E-state index in [9.17, 15) is 4.79 Å². The van der Waals surface area contributed by atoms with Gasteiger partial charge < -0.3 is 10.5 Å². The zero-order chi connectivity index (χ0) is 12.4. The van der Waals surface area contributed by atoms with Crippen molar-refractivity contribution in [3.05, 3.63) is 40.9 Å². The van der Waals surface area contributed by atoms with E-state index >= 15 is 0 Å². The van der Waals surface area contributed by atoms with E-state index in [0.717, 1.165) is 22.1 Å². The maximum absolute atomic E-state index is 10.9. The summed E-state index contributed by atoms with van der Waals surface area (Å²) in [4.78, 5) is 10.9. The second kappa shape index (κ2) is 4.63. The van der Waals surface area contributed by atoms with Crippen molar-refractivity contribution in [2.75, 3.05) is 7.11 Å². The summed E-state index contributed by atoms with van der Waals surface area (Å²) in [6, 6.07) is 9.33. The van der Waals surface area contributed by atoms with Crippen molar-refractivity contribution in [3.63, 3.8) is 0 Å². The molecule has 2 N–H and O–H groups in total. The Kier molecular flexibility index (Phi) is 3.20. The van der Waals surface area contributed by atoms with Gasteiger partial charge in [-0.1, -0.05) is 23.7 Å². The molecule has 0 spiro atoms. The lowest BCUT2D eigenvalue weighted by Crippen LogP contribution is -2.13. The lowest BCUT2D eigenvalue weighted by Gasteiger charge is -2.07. The van der Waals surface area contributed by atoms with Gasteiger partial charge in [0.2, 0.25) is 5.91 Å². The van der Waals surface area contributed by atoms with Gasteiger partial charge in [-0.25, -0.2) is 0 Å². The summed E-state index contributed by atoms with van der Waals surface area (Å²) in [5.74, 6) is 0.385. The van der Waals surface area contributed by atoms with Crippen LogP contribution in [0.2, 0.25) is 5.02 Å². The summed E-state index contributed by atoms with van der Waals surface area (Å²) in [5.41, 5.74) is 5.91. The predicted molar refractivity (Wildman–Crippen MR) is 68.4 cm³/mol. The Morgan fingerprint density at radius 1 is 1.35 bits per heavy atom. The normalized spacial score (nSPS) is 10.5. The second-order valence-corrected chi connectivity index (χ2v) is 4.15. The van der Waals surface area contributed by atoms with Crippen LogP contribution in [0.4, 0.5) is 0 Å². The fourth-order valence-electron chi connectivity index (χ4n) is 1.77. The number of fused-ring (bicyclic) bond motifs is 1. The largest absolute Gasteiger partial charge is 0.497 e. The number of benzene rings is 2. The van der Waals surface area contributed by atoms with Crippen LogP contribution in [-0.2, 0) is 11.2 Å². The van der Waals surface area contributed by atoms with Crippen LogP contribution in [0.25, 0.3) is 10.8 Å². The summed E-state index contributed by atoms with van der Waals surface area (Å²) < 4.78 is 5.14. The van der Waals surface area contributed by atoms with Crippen LogP contribution in [-0.4, -0.2) is 13.0 Å². The maximum atomic E-state index is 10.9. The van der Waals surface area contributed by atoms with Gasteiger partial charge in [0.15, 0.2) is 0 Å². The standard InChI is InChI=1S/C13H12ClNO2/c1-17-10-4-5-11-8(6-10)2-3-9(13(11)14)7-12(15)16/h2-6H,7H2,1H3,(H2,15,16). The minimum absolute atomic E-state index is 0.154. The van der Waals surface area contributed by atoms with Gasteiger partial charge in [-0.15, -0.1) is 0 Å². The topological polar surface area (TPSA) is 52.3 Å². The number of primary amides is 1. The van der Waals surface area contributed by atoms with Crippen molar-refractivity contribution in [2.45, 2.75) is 6.42 Å². The highest BCUT2D eigenvalue weighted by Gasteiger charge is 2.08. The fraction of sp³-hybridized carbons (Fsp3) is 0.154. The summed E-state index contributed by atoms with van der Waals surface area (Å²) in [6.45, 7) is 0. The van der Waals surface area contributed by atoms with Crippen molar-refractivity contribution < 1.29 is 9.53 Å². The molecule has 0 radical (unpaired) electrons. The van der Waals surface area contributed by atoms with Crippen LogP contribution in [0.1, 0.15) is 5.56 Å². The molecule has 2 rings (SSSR count). The van der Waals surface area contributed by atoms with Gasteiger partial charge in [-0.05, 0) is 29.1 Å². The summed E-state index contributed by atoms with van der Waals surface area (Å²) in [6.07, 6.45) is 0.154. The quantitative estimate of drug-likeness (QED) is 0.909. The van der Waals surface area contributed by atoms with Gasteiger partial charge in [0.1, 0.15) is 5.75 Å². The van der Waals surface area contributed by atoms with E-state index in [4.69, 9.17) is 22.1 Å². The number of halogens is 1. The van der Waals surface area contributed by atoms with Crippen molar-refractivity contribution >= 4 is 28.3 Å². The molecule has 0 heterocycles. The van der Waals surface area contributed by atoms with Crippen LogP contribution in [0.5, 0.6) is 5.75 Å². The van der Waals surface area contributed by atoms with Crippen molar-refractivity contribution in [1.82, 2.24) is 0 Å². The van der Waals surface area contributed by atoms with Crippen LogP contribution in [0, 0.1) is 0 Å².